The smallest absolute Gasteiger partial charge is 0.416 e. The molecule has 1 aromatic rings. The van der Waals surface area contributed by atoms with E-state index < -0.39 is 11.7 Å². The van der Waals surface area contributed by atoms with E-state index in [4.69, 9.17) is 4.74 Å². The molecule has 0 bridgehead atoms. The standard InChI is InChI=1S/C15H13F3N2O/c1-3-4-9-19-13-10(2)20-14(21-13)11-5-7-12(8-6-11)15(16,17)18/h4-9H,2-3H2,1H3/b9-4-,19-13?. The van der Waals surface area contributed by atoms with E-state index in [1.54, 1.807) is 6.20 Å². The van der Waals surface area contributed by atoms with Crippen LogP contribution in [0.2, 0.25) is 0 Å². The van der Waals surface area contributed by atoms with Gasteiger partial charge in [0.2, 0.25) is 11.8 Å². The van der Waals surface area contributed by atoms with Gasteiger partial charge >= 0.3 is 6.18 Å². The Balaban J connectivity index is 2.17. The highest BCUT2D eigenvalue weighted by molar-refractivity contribution is 6.13. The first-order chi connectivity index (χ1) is 9.91. The predicted molar refractivity (Wildman–Crippen MR) is 75.1 cm³/mol. The highest BCUT2D eigenvalue weighted by Gasteiger charge is 2.30. The van der Waals surface area contributed by atoms with Crippen molar-refractivity contribution in [2.24, 2.45) is 9.98 Å². The Kier molecular flexibility index (Phi) is 4.26. The number of nitrogens with zero attached hydrogens (tertiary/aromatic N) is 2. The fraction of sp³-hybridized carbons (Fsp3) is 0.200. The van der Waals surface area contributed by atoms with Crippen molar-refractivity contribution in [1.82, 2.24) is 0 Å². The van der Waals surface area contributed by atoms with Gasteiger partial charge in [0.05, 0.1) is 5.56 Å². The zero-order chi connectivity index (χ0) is 15.5. The predicted octanol–water partition coefficient (Wildman–Crippen LogP) is 4.32. The molecule has 0 fully saturated rings. The van der Waals surface area contributed by atoms with E-state index >= 15 is 0 Å². The van der Waals surface area contributed by atoms with Crippen molar-refractivity contribution < 1.29 is 17.9 Å². The van der Waals surface area contributed by atoms with Gasteiger partial charge < -0.3 is 4.74 Å². The van der Waals surface area contributed by atoms with Gasteiger partial charge in [-0.2, -0.15) is 13.2 Å². The van der Waals surface area contributed by atoms with E-state index in [0.717, 1.165) is 18.6 Å². The monoisotopic (exact) mass is 294 g/mol. The number of rotatable bonds is 3. The van der Waals surface area contributed by atoms with Gasteiger partial charge in [-0.25, -0.2) is 9.98 Å². The van der Waals surface area contributed by atoms with Crippen molar-refractivity contribution in [3.8, 4) is 0 Å². The average Bonchev–Trinajstić information content (AvgIpc) is 2.80. The van der Waals surface area contributed by atoms with Crippen LogP contribution in [0, 0.1) is 0 Å². The number of benzene rings is 1. The maximum Gasteiger partial charge on any atom is 0.416 e. The van der Waals surface area contributed by atoms with E-state index in [1.807, 2.05) is 13.0 Å². The van der Waals surface area contributed by atoms with Crippen LogP contribution in [0.4, 0.5) is 13.2 Å². The van der Waals surface area contributed by atoms with Crippen LogP contribution in [0.3, 0.4) is 0 Å². The molecule has 0 amide bonds. The second kappa shape index (κ2) is 5.95. The molecule has 0 atom stereocenters. The van der Waals surface area contributed by atoms with E-state index in [-0.39, 0.29) is 11.8 Å². The quantitative estimate of drug-likeness (QED) is 0.817. The fourth-order valence-corrected chi connectivity index (χ4v) is 1.60. The lowest BCUT2D eigenvalue weighted by molar-refractivity contribution is -0.137. The van der Waals surface area contributed by atoms with Crippen LogP contribution in [-0.2, 0) is 10.9 Å². The lowest BCUT2D eigenvalue weighted by atomic mass is 10.1. The molecule has 6 heteroatoms. The average molecular weight is 294 g/mol. The number of hydrogen-bond donors (Lipinski definition) is 0. The Hall–Kier alpha value is -2.37. The van der Waals surface area contributed by atoms with Gasteiger partial charge in [0.1, 0.15) is 5.70 Å². The van der Waals surface area contributed by atoms with Gasteiger partial charge in [0.15, 0.2) is 0 Å². The topological polar surface area (TPSA) is 34.0 Å². The molecule has 1 heterocycles. The fourth-order valence-electron chi connectivity index (χ4n) is 1.60. The first-order valence-electron chi connectivity index (χ1n) is 6.28. The van der Waals surface area contributed by atoms with E-state index in [2.05, 4.69) is 16.6 Å². The SMILES string of the molecule is C=C1N=C(c2ccc(C(F)(F)F)cc2)OC1=N/C=C\CC. The maximum atomic E-state index is 12.5. The number of allylic oxidation sites excluding steroid dienone is 1. The third kappa shape index (κ3) is 3.59. The largest absolute Gasteiger partial charge is 0.418 e. The molecule has 0 radical (unpaired) electrons. The van der Waals surface area contributed by atoms with Gasteiger partial charge in [-0.15, -0.1) is 0 Å². The second-order valence-electron chi connectivity index (χ2n) is 4.27. The van der Waals surface area contributed by atoms with E-state index in [9.17, 15) is 13.2 Å². The van der Waals surface area contributed by atoms with Crippen molar-refractivity contribution in [3.05, 3.63) is 59.9 Å². The Morgan fingerprint density at radius 1 is 1.29 bits per heavy atom. The highest BCUT2D eigenvalue weighted by Crippen LogP contribution is 2.29. The highest BCUT2D eigenvalue weighted by atomic mass is 19.4. The molecular weight excluding hydrogens is 281 g/mol. The molecule has 1 aliphatic heterocycles. The lowest BCUT2D eigenvalue weighted by Gasteiger charge is -2.07. The summed E-state index contributed by atoms with van der Waals surface area (Å²) in [5.74, 6) is 0.437. The Bertz CT molecular complexity index is 625. The summed E-state index contributed by atoms with van der Waals surface area (Å²) in [6, 6.07) is 4.58. The third-order valence-electron chi connectivity index (χ3n) is 2.67. The van der Waals surface area contributed by atoms with Gasteiger partial charge in [-0.05, 0) is 30.7 Å². The van der Waals surface area contributed by atoms with Crippen molar-refractivity contribution in [2.75, 3.05) is 0 Å². The van der Waals surface area contributed by atoms with Crippen LogP contribution >= 0.6 is 0 Å². The number of halogens is 3. The summed E-state index contributed by atoms with van der Waals surface area (Å²) in [5.41, 5.74) is 0.0583. The zero-order valence-corrected chi connectivity index (χ0v) is 11.3. The van der Waals surface area contributed by atoms with Crippen molar-refractivity contribution >= 4 is 11.8 Å². The molecule has 1 aromatic carbocycles. The first kappa shape index (κ1) is 15.0. The van der Waals surface area contributed by atoms with Crippen LogP contribution in [0.5, 0.6) is 0 Å². The maximum absolute atomic E-state index is 12.5. The van der Waals surface area contributed by atoms with Gasteiger partial charge in [-0.3, -0.25) is 0 Å². The molecule has 0 unspecified atom stereocenters. The first-order valence-corrected chi connectivity index (χ1v) is 6.28. The van der Waals surface area contributed by atoms with Gasteiger partial charge in [0, 0.05) is 11.8 Å². The molecule has 1 aliphatic rings. The van der Waals surface area contributed by atoms with Crippen molar-refractivity contribution in [2.45, 2.75) is 19.5 Å². The third-order valence-corrected chi connectivity index (χ3v) is 2.67. The summed E-state index contributed by atoms with van der Waals surface area (Å²) in [7, 11) is 0. The lowest BCUT2D eigenvalue weighted by Crippen LogP contribution is -2.08. The summed E-state index contributed by atoms with van der Waals surface area (Å²) in [6.45, 7) is 5.65. The summed E-state index contributed by atoms with van der Waals surface area (Å²) >= 11 is 0. The molecule has 3 nitrogen and oxygen atoms in total. The summed E-state index contributed by atoms with van der Waals surface area (Å²) < 4.78 is 42.9. The van der Waals surface area contributed by atoms with Crippen LogP contribution in [0.25, 0.3) is 0 Å². The number of ether oxygens (including phenoxy) is 1. The van der Waals surface area contributed by atoms with Crippen molar-refractivity contribution in [1.29, 1.82) is 0 Å². The minimum atomic E-state index is -4.36. The summed E-state index contributed by atoms with van der Waals surface area (Å²) in [4.78, 5) is 8.11. The Labute approximate surface area is 120 Å². The molecule has 0 saturated heterocycles. The Morgan fingerprint density at radius 3 is 2.52 bits per heavy atom. The van der Waals surface area contributed by atoms with Crippen LogP contribution < -0.4 is 0 Å². The van der Waals surface area contributed by atoms with E-state index in [1.165, 1.54) is 12.1 Å². The molecule has 0 aliphatic carbocycles. The molecule has 0 aromatic heterocycles. The number of alkyl halides is 3. The van der Waals surface area contributed by atoms with Crippen LogP contribution in [-0.4, -0.2) is 11.8 Å². The molecule has 21 heavy (non-hydrogen) atoms. The van der Waals surface area contributed by atoms with Gasteiger partial charge in [-0.1, -0.05) is 19.6 Å². The number of hydrogen-bond acceptors (Lipinski definition) is 3. The van der Waals surface area contributed by atoms with Gasteiger partial charge in [0.25, 0.3) is 0 Å². The van der Waals surface area contributed by atoms with Crippen LogP contribution in [0.1, 0.15) is 24.5 Å². The normalized spacial score (nSPS) is 17.4. The van der Waals surface area contributed by atoms with Crippen LogP contribution in [0.15, 0.2) is 58.8 Å². The minimum Gasteiger partial charge on any atom is -0.418 e. The summed E-state index contributed by atoms with van der Waals surface area (Å²) in [6.07, 6.45) is -0.126. The number of aliphatic imine (C=N–C) groups is 2. The molecule has 110 valence electrons. The second-order valence-corrected chi connectivity index (χ2v) is 4.27. The summed E-state index contributed by atoms with van der Waals surface area (Å²) in [5, 5.41) is 0. The van der Waals surface area contributed by atoms with Crippen molar-refractivity contribution in [3.63, 3.8) is 0 Å². The minimum absolute atomic E-state index is 0.192. The zero-order valence-electron chi connectivity index (χ0n) is 11.3. The molecule has 0 saturated carbocycles. The van der Waals surface area contributed by atoms with E-state index in [0.29, 0.717) is 11.3 Å². The molecule has 0 spiro atoms. The molecule has 0 N–H and O–H groups in total. The molecule has 2 rings (SSSR count). The Morgan fingerprint density at radius 2 is 1.95 bits per heavy atom. The molecular formula is C15H13F3N2O.